The molecule has 2 aliphatic heterocycles. The van der Waals surface area contributed by atoms with Crippen LogP contribution in [0.2, 0.25) is 0 Å². The van der Waals surface area contributed by atoms with Crippen LogP contribution in [0.15, 0.2) is 18.2 Å². The Kier molecular flexibility index (Phi) is 4.72. The monoisotopic (exact) mass is 359 g/mol. The van der Waals surface area contributed by atoms with Gasteiger partial charge in [0.25, 0.3) is 5.91 Å². The van der Waals surface area contributed by atoms with Gasteiger partial charge in [0.1, 0.15) is 6.04 Å². The molecule has 3 N–H and O–H groups in total. The van der Waals surface area contributed by atoms with E-state index in [0.717, 1.165) is 32.1 Å². The summed E-state index contributed by atoms with van der Waals surface area (Å²) in [5.41, 5.74) is 6.46. The molecular formula is C19H25N3O4. The van der Waals surface area contributed by atoms with E-state index >= 15 is 0 Å². The van der Waals surface area contributed by atoms with Gasteiger partial charge in [-0.25, -0.2) is 0 Å². The lowest BCUT2D eigenvalue weighted by Gasteiger charge is -2.30. The van der Waals surface area contributed by atoms with Crippen molar-refractivity contribution in [1.29, 1.82) is 0 Å². The van der Waals surface area contributed by atoms with Crippen LogP contribution in [-0.4, -0.2) is 48.2 Å². The first kappa shape index (κ1) is 17.1. The summed E-state index contributed by atoms with van der Waals surface area (Å²) in [5, 5.41) is 3.13. The number of amides is 2. The highest BCUT2D eigenvalue weighted by atomic mass is 16.7. The zero-order valence-electron chi connectivity index (χ0n) is 14.8. The highest BCUT2D eigenvalue weighted by Crippen LogP contribution is 2.33. The quantitative estimate of drug-likeness (QED) is 0.851. The smallest absolute Gasteiger partial charge is 0.254 e. The fraction of sp³-hybridized carbons (Fsp3) is 0.579. The van der Waals surface area contributed by atoms with Crippen molar-refractivity contribution in [2.75, 3.05) is 13.3 Å². The molecule has 7 heteroatoms. The molecule has 0 bridgehead atoms. The fourth-order valence-electron chi connectivity index (χ4n) is 4.04. The van der Waals surface area contributed by atoms with Gasteiger partial charge in [0.2, 0.25) is 12.7 Å². The summed E-state index contributed by atoms with van der Waals surface area (Å²) in [6, 6.07) is 5.19. The molecule has 7 nitrogen and oxygen atoms in total. The molecule has 2 fully saturated rings. The Morgan fingerprint density at radius 3 is 2.65 bits per heavy atom. The summed E-state index contributed by atoms with van der Waals surface area (Å²) >= 11 is 0. The second-order valence-corrected chi connectivity index (χ2v) is 7.34. The Labute approximate surface area is 152 Å². The second-order valence-electron chi connectivity index (χ2n) is 7.34. The van der Waals surface area contributed by atoms with Gasteiger partial charge in [-0.1, -0.05) is 0 Å². The molecular weight excluding hydrogens is 334 g/mol. The minimum atomic E-state index is -0.400. The van der Waals surface area contributed by atoms with Crippen LogP contribution in [0.3, 0.4) is 0 Å². The maximum atomic E-state index is 12.9. The minimum absolute atomic E-state index is 0.0444. The van der Waals surface area contributed by atoms with Crippen LogP contribution in [-0.2, 0) is 4.79 Å². The zero-order valence-corrected chi connectivity index (χ0v) is 14.8. The summed E-state index contributed by atoms with van der Waals surface area (Å²) in [6.45, 7) is 0.771. The summed E-state index contributed by atoms with van der Waals surface area (Å²) in [5.74, 6) is 1.05. The van der Waals surface area contributed by atoms with Crippen molar-refractivity contribution in [3.8, 4) is 11.5 Å². The molecule has 26 heavy (non-hydrogen) atoms. The van der Waals surface area contributed by atoms with E-state index in [-0.39, 0.29) is 30.7 Å². The van der Waals surface area contributed by atoms with Crippen LogP contribution in [0.5, 0.6) is 11.5 Å². The molecule has 1 aromatic rings. The molecule has 140 valence electrons. The van der Waals surface area contributed by atoms with E-state index < -0.39 is 6.04 Å². The lowest BCUT2D eigenvalue weighted by atomic mass is 9.91. The van der Waals surface area contributed by atoms with Crippen LogP contribution in [0.1, 0.15) is 48.9 Å². The van der Waals surface area contributed by atoms with Crippen LogP contribution in [0, 0.1) is 0 Å². The molecule has 2 amide bonds. The molecule has 0 radical (unpaired) electrons. The molecule has 1 unspecified atom stereocenters. The number of hydrogen-bond donors (Lipinski definition) is 2. The van der Waals surface area contributed by atoms with E-state index in [2.05, 4.69) is 5.32 Å². The van der Waals surface area contributed by atoms with Gasteiger partial charge in [0, 0.05) is 24.2 Å². The molecule has 1 aliphatic carbocycles. The van der Waals surface area contributed by atoms with Crippen molar-refractivity contribution in [3.63, 3.8) is 0 Å². The van der Waals surface area contributed by atoms with E-state index in [1.807, 2.05) is 0 Å². The number of ether oxygens (including phenoxy) is 2. The Hall–Kier alpha value is -2.28. The largest absolute Gasteiger partial charge is 0.454 e. The molecule has 0 spiro atoms. The maximum Gasteiger partial charge on any atom is 0.254 e. The summed E-state index contributed by atoms with van der Waals surface area (Å²) in [6.07, 6.45) is 5.24. The van der Waals surface area contributed by atoms with Gasteiger partial charge >= 0.3 is 0 Å². The number of nitrogens with zero attached hydrogens (tertiary/aromatic N) is 1. The minimum Gasteiger partial charge on any atom is -0.454 e. The highest BCUT2D eigenvalue weighted by Gasteiger charge is 2.36. The van der Waals surface area contributed by atoms with Crippen LogP contribution >= 0.6 is 0 Å². The summed E-state index contributed by atoms with van der Waals surface area (Å²) in [7, 11) is 0. The number of nitrogens with one attached hydrogen (secondary N) is 1. The zero-order chi connectivity index (χ0) is 18.1. The van der Waals surface area contributed by atoms with Crippen LogP contribution < -0.4 is 20.5 Å². The van der Waals surface area contributed by atoms with Crippen molar-refractivity contribution < 1.29 is 19.1 Å². The van der Waals surface area contributed by atoms with Crippen molar-refractivity contribution in [3.05, 3.63) is 23.8 Å². The average Bonchev–Trinajstić information content (AvgIpc) is 3.31. The first-order valence-electron chi connectivity index (χ1n) is 9.38. The van der Waals surface area contributed by atoms with Gasteiger partial charge in [-0.15, -0.1) is 0 Å². The molecule has 1 saturated carbocycles. The average molecular weight is 359 g/mol. The van der Waals surface area contributed by atoms with Crippen LogP contribution in [0.25, 0.3) is 0 Å². The maximum absolute atomic E-state index is 12.9. The normalized spacial score (nSPS) is 27.4. The standard InChI is InChI=1S/C19H25N3O4/c20-13-4-6-14(7-5-13)21-18(23)15-2-1-9-22(15)19(24)12-3-8-16-17(10-12)26-11-25-16/h3,8,10,13-15H,1-2,4-7,9,11,20H2,(H,21,23). The number of likely N-dealkylation sites (tertiary alicyclic amines) is 1. The third kappa shape index (κ3) is 3.35. The first-order valence-corrected chi connectivity index (χ1v) is 9.38. The summed E-state index contributed by atoms with van der Waals surface area (Å²) < 4.78 is 10.6. The van der Waals surface area contributed by atoms with Gasteiger partial charge in [-0.05, 0) is 56.7 Å². The SMILES string of the molecule is NC1CCC(NC(=O)C2CCCN2C(=O)c2ccc3c(c2)OCO3)CC1. The van der Waals surface area contributed by atoms with Crippen molar-refractivity contribution >= 4 is 11.8 Å². The van der Waals surface area contributed by atoms with Gasteiger partial charge in [0.15, 0.2) is 11.5 Å². The molecule has 3 aliphatic rings. The first-order chi connectivity index (χ1) is 12.6. The fourth-order valence-corrected chi connectivity index (χ4v) is 4.04. The Morgan fingerprint density at radius 1 is 1.08 bits per heavy atom. The number of carbonyl (C=O) groups excluding carboxylic acids is 2. The third-order valence-corrected chi connectivity index (χ3v) is 5.55. The summed E-state index contributed by atoms with van der Waals surface area (Å²) in [4.78, 5) is 27.4. The Balaban J connectivity index is 1.42. The molecule has 4 rings (SSSR count). The highest BCUT2D eigenvalue weighted by molar-refractivity contribution is 5.98. The number of fused-ring (bicyclic) bond motifs is 1. The number of nitrogens with two attached hydrogens (primary N) is 1. The second kappa shape index (κ2) is 7.15. The predicted molar refractivity (Wildman–Crippen MR) is 95.0 cm³/mol. The number of rotatable bonds is 3. The lowest BCUT2D eigenvalue weighted by molar-refractivity contribution is -0.125. The third-order valence-electron chi connectivity index (χ3n) is 5.55. The van der Waals surface area contributed by atoms with E-state index in [9.17, 15) is 9.59 Å². The van der Waals surface area contributed by atoms with E-state index in [4.69, 9.17) is 15.2 Å². The van der Waals surface area contributed by atoms with E-state index in [1.54, 1.807) is 23.1 Å². The molecule has 1 atom stereocenters. The van der Waals surface area contributed by atoms with Gasteiger partial charge in [0.05, 0.1) is 0 Å². The Morgan fingerprint density at radius 2 is 1.85 bits per heavy atom. The van der Waals surface area contributed by atoms with E-state index in [1.165, 1.54) is 0 Å². The number of hydrogen-bond acceptors (Lipinski definition) is 5. The van der Waals surface area contributed by atoms with Crippen LogP contribution in [0.4, 0.5) is 0 Å². The molecule has 1 aromatic carbocycles. The van der Waals surface area contributed by atoms with Gasteiger partial charge in [-0.3, -0.25) is 9.59 Å². The molecule has 2 heterocycles. The molecule has 1 saturated heterocycles. The number of carbonyl (C=O) groups is 2. The van der Waals surface area contributed by atoms with Gasteiger partial charge < -0.3 is 25.4 Å². The lowest BCUT2D eigenvalue weighted by Crippen LogP contribution is -2.50. The predicted octanol–water partition coefficient (Wildman–Crippen LogP) is 1.41. The van der Waals surface area contributed by atoms with Crippen molar-refractivity contribution in [2.45, 2.75) is 56.7 Å². The number of benzene rings is 1. The van der Waals surface area contributed by atoms with Gasteiger partial charge in [-0.2, -0.15) is 0 Å². The van der Waals surface area contributed by atoms with Crippen molar-refractivity contribution in [1.82, 2.24) is 10.2 Å². The molecule has 0 aromatic heterocycles. The topological polar surface area (TPSA) is 93.9 Å². The van der Waals surface area contributed by atoms with Crippen molar-refractivity contribution in [2.24, 2.45) is 5.73 Å². The Bertz CT molecular complexity index is 700. The van der Waals surface area contributed by atoms with E-state index in [0.29, 0.717) is 30.0 Å².